The van der Waals surface area contributed by atoms with Crippen LogP contribution >= 0.6 is 0 Å². The Labute approximate surface area is 198 Å². The Hall–Kier alpha value is -4.00. The summed E-state index contributed by atoms with van der Waals surface area (Å²) in [7, 11) is 0. The van der Waals surface area contributed by atoms with Crippen LogP contribution in [0.2, 0.25) is 0 Å². The predicted octanol–water partition coefficient (Wildman–Crippen LogP) is 4.93. The van der Waals surface area contributed by atoms with Gasteiger partial charge in [-0.15, -0.1) is 0 Å². The molecule has 0 aliphatic carbocycles. The van der Waals surface area contributed by atoms with Gasteiger partial charge in [0.2, 0.25) is 5.91 Å². The summed E-state index contributed by atoms with van der Waals surface area (Å²) in [5, 5.41) is 2.87. The van der Waals surface area contributed by atoms with E-state index in [0.717, 1.165) is 17.0 Å². The van der Waals surface area contributed by atoms with E-state index >= 15 is 0 Å². The highest BCUT2D eigenvalue weighted by Crippen LogP contribution is 2.18. The molecule has 0 bridgehead atoms. The number of ether oxygens (including phenoxy) is 1. The number of nitrogens with one attached hydrogen (secondary N) is 1. The minimum Gasteiger partial charge on any atom is -0.462 e. The number of amides is 1. The number of pyridine rings is 1. The molecule has 34 heavy (non-hydrogen) atoms. The summed E-state index contributed by atoms with van der Waals surface area (Å²) in [5.41, 5.74) is 5.08. The van der Waals surface area contributed by atoms with E-state index in [-0.39, 0.29) is 5.91 Å². The number of anilines is 1. The Morgan fingerprint density at radius 1 is 1.06 bits per heavy atom. The van der Waals surface area contributed by atoms with E-state index < -0.39 is 5.97 Å². The topological polar surface area (TPSA) is 86.1 Å². The quantitative estimate of drug-likeness (QED) is 0.361. The molecule has 0 aliphatic rings. The number of carbonyl (C=O) groups excluding carboxylic acids is 2. The smallest absolute Gasteiger partial charge is 0.338 e. The first-order valence-electron chi connectivity index (χ1n) is 11.5. The van der Waals surface area contributed by atoms with Gasteiger partial charge >= 0.3 is 5.97 Å². The van der Waals surface area contributed by atoms with Crippen molar-refractivity contribution in [1.82, 2.24) is 14.5 Å². The number of nitrogens with zero attached hydrogens (tertiary/aromatic N) is 3. The van der Waals surface area contributed by atoms with Crippen molar-refractivity contribution in [3.05, 3.63) is 89.4 Å². The molecule has 1 amide bonds. The predicted molar refractivity (Wildman–Crippen MR) is 132 cm³/mol. The summed E-state index contributed by atoms with van der Waals surface area (Å²) in [5.74, 6) is 0.395. The van der Waals surface area contributed by atoms with Gasteiger partial charge in [0, 0.05) is 24.7 Å². The molecule has 2 heterocycles. The maximum atomic E-state index is 12.5. The maximum Gasteiger partial charge on any atom is 0.338 e. The first kappa shape index (κ1) is 23.2. The fourth-order valence-electron chi connectivity index (χ4n) is 3.81. The van der Waals surface area contributed by atoms with Crippen molar-refractivity contribution in [2.24, 2.45) is 0 Å². The van der Waals surface area contributed by atoms with Gasteiger partial charge in [0.05, 0.1) is 18.7 Å². The van der Waals surface area contributed by atoms with Crippen LogP contribution in [-0.2, 0) is 22.5 Å². The molecule has 7 heteroatoms. The molecule has 2 aromatic carbocycles. The minimum absolute atomic E-state index is 0.111. The lowest BCUT2D eigenvalue weighted by Crippen LogP contribution is -2.13. The summed E-state index contributed by atoms with van der Waals surface area (Å²) in [4.78, 5) is 33.7. The van der Waals surface area contributed by atoms with Crippen LogP contribution in [-0.4, -0.2) is 33.0 Å². The molecule has 0 aliphatic heterocycles. The van der Waals surface area contributed by atoms with Gasteiger partial charge in [0.25, 0.3) is 0 Å². The first-order chi connectivity index (χ1) is 16.5. The molecule has 2 aromatic heterocycles. The number of benzene rings is 2. The summed E-state index contributed by atoms with van der Waals surface area (Å²) in [6.07, 6.45) is 3.40. The molecular formula is C27H28N4O3. The van der Waals surface area contributed by atoms with Crippen molar-refractivity contribution < 1.29 is 14.3 Å². The van der Waals surface area contributed by atoms with Gasteiger partial charge in [-0.2, -0.15) is 0 Å². The lowest BCUT2D eigenvalue weighted by atomic mass is 10.1. The Morgan fingerprint density at radius 2 is 1.88 bits per heavy atom. The van der Waals surface area contributed by atoms with E-state index in [9.17, 15) is 9.59 Å². The zero-order valence-corrected chi connectivity index (χ0v) is 19.5. The molecular weight excluding hydrogens is 428 g/mol. The largest absolute Gasteiger partial charge is 0.462 e. The van der Waals surface area contributed by atoms with E-state index in [1.807, 2.05) is 12.1 Å². The number of aromatic nitrogens is 3. The van der Waals surface area contributed by atoms with Gasteiger partial charge < -0.3 is 14.6 Å². The monoisotopic (exact) mass is 456 g/mol. The van der Waals surface area contributed by atoms with Crippen LogP contribution in [0.1, 0.15) is 47.1 Å². The van der Waals surface area contributed by atoms with Gasteiger partial charge in [0.1, 0.15) is 11.3 Å². The zero-order valence-electron chi connectivity index (χ0n) is 19.5. The summed E-state index contributed by atoms with van der Waals surface area (Å²) >= 11 is 0. The number of hydrogen-bond donors (Lipinski definition) is 1. The fourth-order valence-corrected chi connectivity index (χ4v) is 3.81. The van der Waals surface area contributed by atoms with Crippen molar-refractivity contribution in [3.63, 3.8) is 0 Å². The number of carbonyl (C=O) groups is 2. The van der Waals surface area contributed by atoms with Gasteiger partial charge in [-0.1, -0.05) is 35.9 Å². The molecule has 0 saturated carbocycles. The molecule has 0 unspecified atom stereocenters. The van der Waals surface area contributed by atoms with Crippen LogP contribution in [0.5, 0.6) is 0 Å². The number of imidazole rings is 1. The van der Waals surface area contributed by atoms with E-state index in [4.69, 9.17) is 9.72 Å². The second-order valence-electron chi connectivity index (χ2n) is 8.15. The highest BCUT2D eigenvalue weighted by molar-refractivity contribution is 5.94. The van der Waals surface area contributed by atoms with Crippen LogP contribution in [0.3, 0.4) is 0 Å². The molecule has 4 aromatic rings. The van der Waals surface area contributed by atoms with Crippen molar-refractivity contribution in [2.45, 2.75) is 39.7 Å². The summed E-state index contributed by atoms with van der Waals surface area (Å²) in [6, 6.07) is 19.1. The van der Waals surface area contributed by atoms with Crippen molar-refractivity contribution in [2.75, 3.05) is 11.9 Å². The van der Waals surface area contributed by atoms with Crippen molar-refractivity contribution in [1.29, 1.82) is 0 Å². The van der Waals surface area contributed by atoms with Gasteiger partial charge in [-0.25, -0.2) is 14.8 Å². The second kappa shape index (κ2) is 10.7. The molecule has 0 saturated heterocycles. The third-order valence-corrected chi connectivity index (χ3v) is 5.51. The Kier molecular flexibility index (Phi) is 7.32. The SMILES string of the molecule is CCOC(=O)c1cccc(NC(=O)CCCc2nc3cccnc3n2Cc2ccc(C)cc2)c1. The summed E-state index contributed by atoms with van der Waals surface area (Å²) < 4.78 is 7.15. The third-order valence-electron chi connectivity index (χ3n) is 5.51. The molecule has 174 valence electrons. The average Bonchev–Trinajstić information content (AvgIpc) is 3.18. The van der Waals surface area contributed by atoms with E-state index in [1.54, 1.807) is 37.4 Å². The van der Waals surface area contributed by atoms with Gasteiger partial charge in [-0.3, -0.25) is 4.79 Å². The Morgan fingerprint density at radius 3 is 2.68 bits per heavy atom. The van der Waals surface area contributed by atoms with Gasteiger partial charge in [-0.05, 0) is 56.2 Å². The van der Waals surface area contributed by atoms with Crippen molar-refractivity contribution >= 4 is 28.7 Å². The normalized spacial score (nSPS) is 10.9. The number of esters is 1. The third kappa shape index (κ3) is 5.67. The zero-order chi connectivity index (χ0) is 23.9. The minimum atomic E-state index is -0.403. The number of aryl methyl sites for hydroxylation is 2. The van der Waals surface area contributed by atoms with E-state index in [0.29, 0.717) is 43.7 Å². The Bertz CT molecular complexity index is 1290. The molecule has 1 N–H and O–H groups in total. The fraction of sp³-hybridized carbons (Fsp3) is 0.259. The van der Waals surface area contributed by atoms with Gasteiger partial charge in [0.15, 0.2) is 5.65 Å². The summed E-state index contributed by atoms with van der Waals surface area (Å²) in [6.45, 7) is 4.81. The van der Waals surface area contributed by atoms with Crippen molar-refractivity contribution in [3.8, 4) is 0 Å². The lowest BCUT2D eigenvalue weighted by molar-refractivity contribution is -0.116. The molecule has 0 fully saturated rings. The molecule has 4 rings (SSSR count). The van der Waals surface area contributed by atoms with E-state index in [1.165, 1.54) is 11.1 Å². The standard InChI is InChI=1S/C27H28N4O3/c1-3-34-27(33)21-7-4-8-22(17-21)29-25(32)11-5-10-24-30-23-9-6-16-28-26(23)31(24)18-20-14-12-19(2)13-15-20/h4,6-9,12-17H,3,5,10-11,18H2,1-2H3,(H,29,32). The first-order valence-corrected chi connectivity index (χ1v) is 11.5. The van der Waals surface area contributed by atoms with E-state index in [2.05, 4.69) is 46.1 Å². The molecule has 0 spiro atoms. The lowest BCUT2D eigenvalue weighted by Gasteiger charge is -2.10. The average molecular weight is 457 g/mol. The molecule has 0 atom stereocenters. The van der Waals surface area contributed by atoms with Crippen LogP contribution in [0, 0.1) is 6.92 Å². The van der Waals surface area contributed by atoms with Crippen LogP contribution in [0.4, 0.5) is 5.69 Å². The van der Waals surface area contributed by atoms with Crippen LogP contribution < -0.4 is 5.32 Å². The second-order valence-corrected chi connectivity index (χ2v) is 8.15. The maximum absolute atomic E-state index is 12.5. The van der Waals surface area contributed by atoms with Crippen LogP contribution in [0.15, 0.2) is 66.9 Å². The highest BCUT2D eigenvalue weighted by atomic mass is 16.5. The Balaban J connectivity index is 1.41. The molecule has 0 radical (unpaired) electrons. The number of hydrogen-bond acceptors (Lipinski definition) is 5. The molecule has 7 nitrogen and oxygen atoms in total. The number of rotatable bonds is 9. The highest BCUT2D eigenvalue weighted by Gasteiger charge is 2.13. The number of fused-ring (bicyclic) bond motifs is 1. The van der Waals surface area contributed by atoms with Crippen LogP contribution in [0.25, 0.3) is 11.2 Å².